The number of aromatic amines is 1. The van der Waals surface area contributed by atoms with Crippen molar-refractivity contribution < 1.29 is 13.6 Å². The van der Waals surface area contributed by atoms with Gasteiger partial charge in [-0.05, 0) is 18.1 Å². The van der Waals surface area contributed by atoms with Crippen LogP contribution < -0.4 is 11.1 Å². The minimum absolute atomic E-state index is 0.305. The summed E-state index contributed by atoms with van der Waals surface area (Å²) in [5.41, 5.74) is 7.57. The fourth-order valence-electron chi connectivity index (χ4n) is 1.94. The van der Waals surface area contributed by atoms with Gasteiger partial charge in [0.05, 0.1) is 12.6 Å². The van der Waals surface area contributed by atoms with Crippen LogP contribution in [-0.4, -0.2) is 29.9 Å². The Morgan fingerprint density at radius 2 is 2.11 bits per heavy atom. The molecule has 0 aliphatic heterocycles. The predicted octanol–water partition coefficient (Wildman–Crippen LogP) is 1.42. The van der Waals surface area contributed by atoms with E-state index in [1.54, 1.807) is 6.20 Å². The van der Waals surface area contributed by atoms with Gasteiger partial charge in [-0.15, -0.1) is 0 Å². The average Bonchev–Trinajstić information content (AvgIpc) is 2.79. The number of hydrogen-bond donors (Lipinski definition) is 3. The summed E-state index contributed by atoms with van der Waals surface area (Å²) in [7, 11) is 0. The maximum atomic E-state index is 12.0. The van der Waals surface area contributed by atoms with E-state index in [2.05, 4.69) is 10.3 Å². The summed E-state index contributed by atoms with van der Waals surface area (Å²) >= 11 is 0. The van der Waals surface area contributed by atoms with Crippen LogP contribution in [0.4, 0.5) is 8.78 Å². The number of fused-ring (bicyclic) bond motifs is 1. The van der Waals surface area contributed by atoms with Crippen molar-refractivity contribution in [1.29, 1.82) is 0 Å². The highest BCUT2D eigenvalue weighted by molar-refractivity contribution is 5.86. The van der Waals surface area contributed by atoms with E-state index in [-0.39, 0.29) is 0 Å². The van der Waals surface area contributed by atoms with Crippen LogP contribution in [-0.2, 0) is 11.2 Å². The summed E-state index contributed by atoms with van der Waals surface area (Å²) < 4.78 is 24.0. The zero-order valence-corrected chi connectivity index (χ0v) is 10.2. The summed E-state index contributed by atoms with van der Waals surface area (Å²) in [6.07, 6.45) is -0.478. The van der Waals surface area contributed by atoms with Crippen LogP contribution in [0.3, 0.4) is 0 Å². The average molecular weight is 267 g/mol. The van der Waals surface area contributed by atoms with Crippen molar-refractivity contribution >= 4 is 16.8 Å². The van der Waals surface area contributed by atoms with E-state index in [0.29, 0.717) is 6.42 Å². The first-order valence-electron chi connectivity index (χ1n) is 5.94. The van der Waals surface area contributed by atoms with Crippen molar-refractivity contribution in [1.82, 2.24) is 10.3 Å². The van der Waals surface area contributed by atoms with Crippen LogP contribution in [0.1, 0.15) is 5.56 Å². The summed E-state index contributed by atoms with van der Waals surface area (Å²) in [5.74, 6) is -0.564. The Bertz CT molecular complexity index is 568. The summed E-state index contributed by atoms with van der Waals surface area (Å²) in [6, 6.07) is 6.80. The zero-order chi connectivity index (χ0) is 13.8. The molecule has 1 atom stereocenters. The number of halogens is 2. The van der Waals surface area contributed by atoms with Crippen molar-refractivity contribution in [3.05, 3.63) is 36.0 Å². The summed E-state index contributed by atoms with van der Waals surface area (Å²) in [5, 5.41) is 3.10. The van der Waals surface area contributed by atoms with Gasteiger partial charge in [0.2, 0.25) is 5.91 Å². The van der Waals surface area contributed by atoms with Crippen LogP contribution >= 0.6 is 0 Å². The number of carbonyl (C=O) groups is 1. The van der Waals surface area contributed by atoms with Gasteiger partial charge in [-0.2, -0.15) is 0 Å². The topological polar surface area (TPSA) is 70.9 Å². The van der Waals surface area contributed by atoms with Crippen LogP contribution in [0.5, 0.6) is 0 Å². The number of aromatic nitrogens is 1. The van der Waals surface area contributed by atoms with Crippen LogP contribution in [0.2, 0.25) is 0 Å². The molecule has 4 nitrogen and oxygen atoms in total. The highest BCUT2D eigenvalue weighted by Gasteiger charge is 2.17. The van der Waals surface area contributed by atoms with Gasteiger partial charge >= 0.3 is 0 Å². The Kier molecular flexibility index (Phi) is 4.11. The van der Waals surface area contributed by atoms with E-state index in [9.17, 15) is 13.6 Å². The molecule has 4 N–H and O–H groups in total. The number of carbonyl (C=O) groups excluding carboxylic acids is 1. The second-order valence-corrected chi connectivity index (χ2v) is 4.31. The third-order valence-electron chi connectivity index (χ3n) is 2.88. The fraction of sp³-hybridized carbons (Fsp3) is 0.308. The number of alkyl halides is 2. The lowest BCUT2D eigenvalue weighted by molar-refractivity contribution is -0.122. The molecule has 0 saturated heterocycles. The maximum Gasteiger partial charge on any atom is 0.255 e. The van der Waals surface area contributed by atoms with E-state index in [1.165, 1.54) is 0 Å². The molecule has 1 heterocycles. The number of benzene rings is 1. The molecule has 0 spiro atoms. The van der Waals surface area contributed by atoms with Crippen molar-refractivity contribution in [2.75, 3.05) is 6.54 Å². The minimum Gasteiger partial charge on any atom is -0.361 e. The first-order valence-corrected chi connectivity index (χ1v) is 5.94. The molecule has 2 rings (SSSR count). The Morgan fingerprint density at radius 3 is 2.84 bits per heavy atom. The van der Waals surface area contributed by atoms with E-state index >= 15 is 0 Å². The van der Waals surface area contributed by atoms with E-state index in [1.807, 2.05) is 24.3 Å². The molecular weight excluding hydrogens is 252 g/mol. The van der Waals surface area contributed by atoms with Gasteiger partial charge < -0.3 is 16.0 Å². The van der Waals surface area contributed by atoms with Crippen molar-refractivity contribution in [2.45, 2.75) is 18.9 Å². The lowest BCUT2D eigenvalue weighted by Crippen LogP contribution is -2.43. The van der Waals surface area contributed by atoms with Gasteiger partial charge in [0.15, 0.2) is 0 Å². The number of hydrogen-bond acceptors (Lipinski definition) is 2. The summed E-state index contributed by atoms with van der Waals surface area (Å²) in [6.45, 7) is -0.666. The lowest BCUT2D eigenvalue weighted by Gasteiger charge is -2.11. The van der Waals surface area contributed by atoms with Crippen LogP contribution in [0.25, 0.3) is 10.9 Å². The zero-order valence-electron chi connectivity index (χ0n) is 10.2. The Hall–Kier alpha value is -1.95. The van der Waals surface area contributed by atoms with Crippen molar-refractivity contribution in [3.8, 4) is 0 Å². The first kappa shape index (κ1) is 13.5. The number of amides is 1. The molecule has 6 heteroatoms. The van der Waals surface area contributed by atoms with Crippen molar-refractivity contribution in [2.24, 2.45) is 5.73 Å². The van der Waals surface area contributed by atoms with E-state index in [0.717, 1.165) is 16.5 Å². The molecule has 0 aliphatic rings. The molecule has 1 aromatic carbocycles. The highest BCUT2D eigenvalue weighted by atomic mass is 19.3. The van der Waals surface area contributed by atoms with Gasteiger partial charge in [0.1, 0.15) is 0 Å². The smallest absolute Gasteiger partial charge is 0.255 e. The third kappa shape index (κ3) is 3.29. The third-order valence-corrected chi connectivity index (χ3v) is 2.88. The van der Waals surface area contributed by atoms with E-state index in [4.69, 9.17) is 5.73 Å². The number of nitrogens with one attached hydrogen (secondary N) is 2. The lowest BCUT2D eigenvalue weighted by atomic mass is 10.1. The summed E-state index contributed by atoms with van der Waals surface area (Å²) in [4.78, 5) is 14.6. The molecule has 0 aliphatic carbocycles. The van der Waals surface area contributed by atoms with Crippen LogP contribution in [0.15, 0.2) is 30.5 Å². The minimum atomic E-state index is -2.57. The second kappa shape index (κ2) is 5.79. The first-order chi connectivity index (χ1) is 9.08. The predicted molar refractivity (Wildman–Crippen MR) is 69.0 cm³/mol. The van der Waals surface area contributed by atoms with Gasteiger partial charge in [-0.1, -0.05) is 18.2 Å². The highest BCUT2D eigenvalue weighted by Crippen LogP contribution is 2.18. The Labute approximate surface area is 109 Å². The molecule has 19 heavy (non-hydrogen) atoms. The molecule has 0 fully saturated rings. The Morgan fingerprint density at radius 1 is 1.37 bits per heavy atom. The van der Waals surface area contributed by atoms with Crippen molar-refractivity contribution in [3.63, 3.8) is 0 Å². The number of H-pyrrole nitrogens is 1. The van der Waals surface area contributed by atoms with Gasteiger partial charge in [0, 0.05) is 17.1 Å². The number of para-hydroxylation sites is 1. The molecule has 1 unspecified atom stereocenters. The van der Waals surface area contributed by atoms with Gasteiger partial charge in [-0.25, -0.2) is 8.78 Å². The molecule has 0 radical (unpaired) electrons. The monoisotopic (exact) mass is 267 g/mol. The number of rotatable bonds is 5. The molecule has 102 valence electrons. The molecule has 0 saturated carbocycles. The molecule has 2 aromatic rings. The molecule has 0 bridgehead atoms. The molecular formula is C13H15F2N3O. The quantitative estimate of drug-likeness (QED) is 0.766. The molecule has 1 amide bonds. The Balaban J connectivity index is 2.02. The SMILES string of the molecule is NC(Cc1c[nH]c2ccccc12)C(=O)NCC(F)F. The standard InChI is InChI=1S/C13H15F2N3O/c14-12(15)7-18-13(19)10(16)5-8-6-17-11-4-2-1-3-9(8)11/h1-4,6,10,12,17H,5,7,16H2,(H,18,19). The largest absolute Gasteiger partial charge is 0.361 e. The van der Waals surface area contributed by atoms with Gasteiger partial charge in [-0.3, -0.25) is 4.79 Å². The number of nitrogens with two attached hydrogens (primary N) is 1. The maximum absolute atomic E-state index is 12.0. The van der Waals surface area contributed by atoms with Crippen LogP contribution in [0, 0.1) is 0 Å². The molecule has 1 aromatic heterocycles. The van der Waals surface area contributed by atoms with Gasteiger partial charge in [0.25, 0.3) is 6.43 Å². The van der Waals surface area contributed by atoms with E-state index < -0.39 is 24.9 Å². The second-order valence-electron chi connectivity index (χ2n) is 4.31. The fourth-order valence-corrected chi connectivity index (χ4v) is 1.94. The normalized spacial score (nSPS) is 12.8.